The zero-order valence-corrected chi connectivity index (χ0v) is 12.8. The third-order valence-electron chi connectivity index (χ3n) is 3.35. The molecular formula is C16H28N2O. The predicted molar refractivity (Wildman–Crippen MR) is 81.8 cm³/mol. The maximum absolute atomic E-state index is 5.65. The molecule has 0 amide bonds. The number of nitrogens with zero attached hydrogens (tertiary/aromatic N) is 1. The third-order valence-corrected chi connectivity index (χ3v) is 3.35. The minimum Gasteiger partial charge on any atom is -0.494 e. The van der Waals surface area contributed by atoms with Crippen LogP contribution in [-0.2, 0) is 6.42 Å². The second kappa shape index (κ2) is 8.18. The van der Waals surface area contributed by atoms with Crippen LogP contribution in [0.4, 0.5) is 0 Å². The van der Waals surface area contributed by atoms with Crippen LogP contribution in [0.3, 0.4) is 0 Å². The molecule has 0 aliphatic heterocycles. The smallest absolute Gasteiger partial charge is 0.122 e. The number of hydrogen-bond acceptors (Lipinski definition) is 3. The van der Waals surface area contributed by atoms with Crippen LogP contribution in [0, 0.1) is 12.8 Å². The Kier molecular flexibility index (Phi) is 6.89. The van der Waals surface area contributed by atoms with Crippen molar-refractivity contribution in [3.05, 3.63) is 29.3 Å². The average molecular weight is 264 g/mol. The van der Waals surface area contributed by atoms with Crippen LogP contribution < -0.4 is 10.5 Å². The molecule has 19 heavy (non-hydrogen) atoms. The highest BCUT2D eigenvalue weighted by atomic mass is 16.5. The number of benzene rings is 1. The number of nitrogens with two attached hydrogens (primary N) is 1. The summed E-state index contributed by atoms with van der Waals surface area (Å²) >= 11 is 0. The molecule has 108 valence electrons. The molecule has 0 heterocycles. The highest BCUT2D eigenvalue weighted by Gasteiger charge is 2.06. The Balaban J connectivity index is 2.47. The lowest BCUT2D eigenvalue weighted by Crippen LogP contribution is -2.30. The molecule has 0 fully saturated rings. The van der Waals surface area contributed by atoms with Gasteiger partial charge in [-0.15, -0.1) is 0 Å². The average Bonchev–Trinajstić information content (AvgIpc) is 2.39. The maximum Gasteiger partial charge on any atom is 0.122 e. The first-order valence-electron chi connectivity index (χ1n) is 7.17. The molecule has 0 saturated carbocycles. The summed E-state index contributed by atoms with van der Waals surface area (Å²) in [6.45, 7) is 9.92. The van der Waals surface area contributed by atoms with Crippen molar-refractivity contribution >= 4 is 0 Å². The Morgan fingerprint density at radius 3 is 2.68 bits per heavy atom. The van der Waals surface area contributed by atoms with Gasteiger partial charge in [0.1, 0.15) is 5.75 Å². The summed E-state index contributed by atoms with van der Waals surface area (Å²) in [5, 5.41) is 0. The fourth-order valence-corrected chi connectivity index (χ4v) is 2.20. The molecule has 0 radical (unpaired) electrons. The number of hydrogen-bond donors (Lipinski definition) is 1. The van der Waals surface area contributed by atoms with Crippen molar-refractivity contribution in [3.8, 4) is 5.75 Å². The van der Waals surface area contributed by atoms with Gasteiger partial charge in [-0.25, -0.2) is 0 Å². The lowest BCUT2D eigenvalue weighted by Gasteiger charge is -2.20. The summed E-state index contributed by atoms with van der Waals surface area (Å²) in [5.41, 5.74) is 8.24. The molecule has 1 atom stereocenters. The lowest BCUT2D eigenvalue weighted by atomic mass is 10.1. The highest BCUT2D eigenvalue weighted by Crippen LogP contribution is 2.19. The fourth-order valence-electron chi connectivity index (χ4n) is 2.20. The minimum atomic E-state index is 0.562. The van der Waals surface area contributed by atoms with Gasteiger partial charge in [0.15, 0.2) is 0 Å². The van der Waals surface area contributed by atoms with E-state index in [4.69, 9.17) is 10.5 Å². The van der Waals surface area contributed by atoms with Crippen LogP contribution >= 0.6 is 0 Å². The third kappa shape index (κ3) is 5.62. The molecule has 0 aliphatic carbocycles. The van der Waals surface area contributed by atoms with E-state index < -0.39 is 0 Å². The van der Waals surface area contributed by atoms with Gasteiger partial charge in [-0.3, -0.25) is 0 Å². The summed E-state index contributed by atoms with van der Waals surface area (Å²) < 4.78 is 5.56. The van der Waals surface area contributed by atoms with Gasteiger partial charge < -0.3 is 15.4 Å². The van der Waals surface area contributed by atoms with Crippen LogP contribution in [0.5, 0.6) is 5.75 Å². The monoisotopic (exact) mass is 264 g/mol. The van der Waals surface area contributed by atoms with Gasteiger partial charge in [0.05, 0.1) is 6.61 Å². The SMILES string of the molecule is CCOc1ccc(CCN(C)CC(C)CN)cc1C. The van der Waals surface area contributed by atoms with Crippen LogP contribution in [0.25, 0.3) is 0 Å². The molecule has 1 aromatic carbocycles. The van der Waals surface area contributed by atoms with Gasteiger partial charge in [0.2, 0.25) is 0 Å². The van der Waals surface area contributed by atoms with Crippen LogP contribution in [0.2, 0.25) is 0 Å². The van der Waals surface area contributed by atoms with E-state index in [2.05, 4.69) is 44.0 Å². The standard InChI is InChI=1S/C16H28N2O/c1-5-19-16-7-6-15(10-14(16)3)8-9-18(4)12-13(2)11-17/h6-7,10,13H,5,8-9,11-12,17H2,1-4H3. The van der Waals surface area contributed by atoms with E-state index in [1.165, 1.54) is 11.1 Å². The first-order valence-corrected chi connectivity index (χ1v) is 7.17. The van der Waals surface area contributed by atoms with Crippen molar-refractivity contribution in [2.45, 2.75) is 27.2 Å². The van der Waals surface area contributed by atoms with E-state index >= 15 is 0 Å². The number of rotatable bonds is 8. The summed E-state index contributed by atoms with van der Waals surface area (Å²) in [7, 11) is 2.16. The quantitative estimate of drug-likeness (QED) is 0.784. The molecular weight excluding hydrogens is 236 g/mol. The largest absolute Gasteiger partial charge is 0.494 e. The maximum atomic E-state index is 5.65. The van der Waals surface area contributed by atoms with Crippen LogP contribution in [0.1, 0.15) is 25.0 Å². The number of aryl methyl sites for hydroxylation is 1. The van der Waals surface area contributed by atoms with Crippen molar-refractivity contribution in [2.24, 2.45) is 11.7 Å². The molecule has 0 bridgehead atoms. The molecule has 0 aliphatic rings. The molecule has 0 aromatic heterocycles. The van der Waals surface area contributed by atoms with Gasteiger partial charge in [0, 0.05) is 13.1 Å². The van der Waals surface area contributed by atoms with Crippen molar-refractivity contribution in [3.63, 3.8) is 0 Å². The molecule has 2 N–H and O–H groups in total. The van der Waals surface area contributed by atoms with E-state index in [1.54, 1.807) is 0 Å². The number of ether oxygens (including phenoxy) is 1. The van der Waals surface area contributed by atoms with Crippen molar-refractivity contribution in [2.75, 3.05) is 33.3 Å². The molecule has 3 heteroatoms. The van der Waals surface area contributed by atoms with Gasteiger partial charge in [0.25, 0.3) is 0 Å². The Morgan fingerprint density at radius 1 is 1.37 bits per heavy atom. The van der Waals surface area contributed by atoms with E-state index in [1.807, 2.05) is 6.92 Å². The summed E-state index contributed by atoms with van der Waals surface area (Å²) in [6, 6.07) is 6.47. The lowest BCUT2D eigenvalue weighted by molar-refractivity contribution is 0.292. The highest BCUT2D eigenvalue weighted by molar-refractivity contribution is 5.36. The van der Waals surface area contributed by atoms with Crippen molar-refractivity contribution < 1.29 is 4.74 Å². The summed E-state index contributed by atoms with van der Waals surface area (Å²) in [6.07, 6.45) is 1.07. The van der Waals surface area contributed by atoms with E-state index in [0.717, 1.165) is 38.4 Å². The zero-order chi connectivity index (χ0) is 14.3. The molecule has 1 unspecified atom stereocenters. The van der Waals surface area contributed by atoms with Crippen LogP contribution in [-0.4, -0.2) is 38.2 Å². The van der Waals surface area contributed by atoms with Gasteiger partial charge in [-0.1, -0.05) is 19.1 Å². The van der Waals surface area contributed by atoms with Gasteiger partial charge >= 0.3 is 0 Å². The molecule has 0 saturated heterocycles. The normalized spacial score (nSPS) is 12.7. The molecule has 1 aromatic rings. The Labute approximate surface area is 117 Å². The second-order valence-corrected chi connectivity index (χ2v) is 5.39. The van der Waals surface area contributed by atoms with Crippen molar-refractivity contribution in [1.82, 2.24) is 4.90 Å². The fraction of sp³-hybridized carbons (Fsp3) is 0.625. The predicted octanol–water partition coefficient (Wildman–Crippen LogP) is 2.46. The van der Waals surface area contributed by atoms with E-state index in [-0.39, 0.29) is 0 Å². The second-order valence-electron chi connectivity index (χ2n) is 5.39. The van der Waals surface area contributed by atoms with Crippen molar-refractivity contribution in [1.29, 1.82) is 0 Å². The molecule has 0 spiro atoms. The van der Waals surface area contributed by atoms with Gasteiger partial charge in [-0.2, -0.15) is 0 Å². The van der Waals surface area contributed by atoms with E-state index in [9.17, 15) is 0 Å². The Morgan fingerprint density at radius 2 is 2.11 bits per heavy atom. The summed E-state index contributed by atoms with van der Waals surface area (Å²) in [5.74, 6) is 1.56. The Bertz CT molecular complexity index is 379. The van der Waals surface area contributed by atoms with Gasteiger partial charge in [-0.05, 0) is 57.0 Å². The Hall–Kier alpha value is -1.06. The van der Waals surface area contributed by atoms with E-state index in [0.29, 0.717) is 5.92 Å². The topological polar surface area (TPSA) is 38.5 Å². The first-order chi connectivity index (χ1) is 9.06. The molecule has 3 nitrogen and oxygen atoms in total. The summed E-state index contributed by atoms with van der Waals surface area (Å²) in [4.78, 5) is 2.35. The first kappa shape index (κ1) is 16.0. The minimum absolute atomic E-state index is 0.562. The molecule has 1 rings (SSSR count). The van der Waals surface area contributed by atoms with Crippen LogP contribution in [0.15, 0.2) is 18.2 Å². The number of likely N-dealkylation sites (N-methyl/N-ethyl adjacent to an activating group) is 1. The zero-order valence-electron chi connectivity index (χ0n) is 12.8.